The summed E-state index contributed by atoms with van der Waals surface area (Å²) < 4.78 is 24.6. The Balaban J connectivity index is 1.92. The lowest BCUT2D eigenvalue weighted by Crippen LogP contribution is -2.44. The van der Waals surface area contributed by atoms with Crippen molar-refractivity contribution in [1.29, 1.82) is 0 Å². The van der Waals surface area contributed by atoms with Crippen LogP contribution in [0.4, 0.5) is 4.39 Å². The smallest absolute Gasteiger partial charge is 0.243 e. The standard InChI is InChI=1S/C20H31FN4O3/c1-4-17(28-18-7-5-6-16(21)10-18)12-23-20(24-13-19(26)25(2)3)22-11-15-8-9-27-14-15/h5-7,10,15,17H,4,8-9,11-14H2,1-3H3,(H2,22,23,24). The molecule has 0 spiro atoms. The van der Waals surface area contributed by atoms with Crippen molar-refractivity contribution in [3.05, 3.63) is 30.1 Å². The van der Waals surface area contributed by atoms with Gasteiger partial charge in [0.05, 0.1) is 13.2 Å². The molecule has 1 aromatic rings. The molecule has 1 aliphatic rings. The molecule has 0 bridgehead atoms. The molecule has 0 aliphatic carbocycles. The van der Waals surface area contributed by atoms with E-state index in [0.29, 0.717) is 24.2 Å². The molecule has 0 saturated carbocycles. The average molecular weight is 394 g/mol. The van der Waals surface area contributed by atoms with Crippen LogP contribution in [0.5, 0.6) is 5.75 Å². The van der Waals surface area contributed by atoms with Crippen LogP contribution in [0, 0.1) is 11.7 Å². The first-order chi connectivity index (χ1) is 13.5. The molecule has 28 heavy (non-hydrogen) atoms. The van der Waals surface area contributed by atoms with Crippen LogP contribution < -0.4 is 15.4 Å². The number of halogens is 1. The zero-order chi connectivity index (χ0) is 20.4. The van der Waals surface area contributed by atoms with E-state index in [1.54, 1.807) is 26.2 Å². The number of ether oxygens (including phenoxy) is 2. The van der Waals surface area contributed by atoms with E-state index in [9.17, 15) is 9.18 Å². The Morgan fingerprint density at radius 1 is 1.43 bits per heavy atom. The maximum Gasteiger partial charge on any atom is 0.243 e. The van der Waals surface area contributed by atoms with E-state index < -0.39 is 0 Å². The highest BCUT2D eigenvalue weighted by molar-refractivity contribution is 5.84. The van der Waals surface area contributed by atoms with Gasteiger partial charge in [-0.1, -0.05) is 13.0 Å². The molecule has 0 aromatic heterocycles. The van der Waals surface area contributed by atoms with E-state index in [2.05, 4.69) is 15.6 Å². The summed E-state index contributed by atoms with van der Waals surface area (Å²) in [5, 5.41) is 6.51. The number of benzene rings is 1. The van der Waals surface area contributed by atoms with Gasteiger partial charge in [-0.15, -0.1) is 0 Å². The number of rotatable bonds is 9. The van der Waals surface area contributed by atoms with Gasteiger partial charge in [0, 0.05) is 39.2 Å². The first kappa shape index (κ1) is 21.9. The number of carbonyl (C=O) groups is 1. The fraction of sp³-hybridized carbons (Fsp3) is 0.600. The molecule has 1 amide bonds. The highest BCUT2D eigenvalue weighted by Crippen LogP contribution is 2.15. The predicted molar refractivity (Wildman–Crippen MR) is 107 cm³/mol. The van der Waals surface area contributed by atoms with Gasteiger partial charge in [-0.3, -0.25) is 4.79 Å². The molecule has 2 rings (SSSR count). The van der Waals surface area contributed by atoms with Crippen LogP contribution in [0.3, 0.4) is 0 Å². The Labute approximate surface area is 166 Å². The Morgan fingerprint density at radius 2 is 2.25 bits per heavy atom. The number of guanidine groups is 1. The van der Waals surface area contributed by atoms with E-state index in [1.165, 1.54) is 17.0 Å². The number of nitrogens with one attached hydrogen (secondary N) is 2. The van der Waals surface area contributed by atoms with E-state index in [-0.39, 0.29) is 24.4 Å². The van der Waals surface area contributed by atoms with Crippen molar-refractivity contribution in [3.63, 3.8) is 0 Å². The number of hydrogen-bond acceptors (Lipinski definition) is 4. The van der Waals surface area contributed by atoms with Crippen molar-refractivity contribution in [1.82, 2.24) is 15.5 Å². The summed E-state index contributed by atoms with van der Waals surface area (Å²) in [6.45, 7) is 4.79. The van der Waals surface area contributed by atoms with Crippen LogP contribution in [-0.4, -0.2) is 69.8 Å². The summed E-state index contributed by atoms with van der Waals surface area (Å²) in [7, 11) is 3.41. The van der Waals surface area contributed by atoms with Crippen molar-refractivity contribution in [2.45, 2.75) is 25.9 Å². The van der Waals surface area contributed by atoms with Gasteiger partial charge >= 0.3 is 0 Å². The molecule has 2 N–H and O–H groups in total. The van der Waals surface area contributed by atoms with Gasteiger partial charge in [-0.25, -0.2) is 9.38 Å². The van der Waals surface area contributed by atoms with Gasteiger partial charge in [0.25, 0.3) is 0 Å². The van der Waals surface area contributed by atoms with Crippen LogP contribution in [0.2, 0.25) is 0 Å². The molecular formula is C20H31FN4O3. The zero-order valence-electron chi connectivity index (χ0n) is 16.9. The van der Waals surface area contributed by atoms with Gasteiger partial charge in [0.2, 0.25) is 5.91 Å². The Hall–Kier alpha value is -2.35. The molecule has 8 heteroatoms. The summed E-state index contributed by atoms with van der Waals surface area (Å²) in [4.78, 5) is 17.7. The molecule has 2 atom stereocenters. The lowest BCUT2D eigenvalue weighted by atomic mass is 10.1. The number of nitrogens with zero attached hydrogens (tertiary/aromatic N) is 2. The highest BCUT2D eigenvalue weighted by Gasteiger charge is 2.17. The summed E-state index contributed by atoms with van der Waals surface area (Å²) in [6.07, 6.45) is 1.59. The minimum Gasteiger partial charge on any atom is -0.489 e. The van der Waals surface area contributed by atoms with Gasteiger partial charge in [-0.05, 0) is 25.0 Å². The van der Waals surface area contributed by atoms with Crippen LogP contribution >= 0.6 is 0 Å². The van der Waals surface area contributed by atoms with E-state index in [4.69, 9.17) is 9.47 Å². The highest BCUT2D eigenvalue weighted by atomic mass is 19.1. The monoisotopic (exact) mass is 394 g/mol. The summed E-state index contributed by atoms with van der Waals surface area (Å²) in [6, 6.07) is 6.10. The van der Waals surface area contributed by atoms with Crippen LogP contribution in [0.1, 0.15) is 19.8 Å². The maximum atomic E-state index is 13.4. The van der Waals surface area contributed by atoms with Gasteiger partial charge in [0.1, 0.15) is 24.2 Å². The molecule has 2 unspecified atom stereocenters. The SMILES string of the molecule is CCC(CNC(=NCC(=O)N(C)C)NCC1CCOC1)Oc1cccc(F)c1. The fourth-order valence-electron chi connectivity index (χ4n) is 2.66. The van der Waals surface area contributed by atoms with Crippen molar-refractivity contribution in [2.24, 2.45) is 10.9 Å². The van der Waals surface area contributed by atoms with Crippen molar-refractivity contribution in [3.8, 4) is 5.75 Å². The number of amides is 1. The lowest BCUT2D eigenvalue weighted by molar-refractivity contribution is -0.127. The topological polar surface area (TPSA) is 75.2 Å². The third-order valence-electron chi connectivity index (χ3n) is 4.50. The van der Waals surface area contributed by atoms with Gasteiger partial charge in [0.15, 0.2) is 5.96 Å². The third kappa shape index (κ3) is 7.72. The second-order valence-electron chi connectivity index (χ2n) is 7.05. The third-order valence-corrected chi connectivity index (χ3v) is 4.50. The van der Waals surface area contributed by atoms with Crippen molar-refractivity contribution in [2.75, 3.05) is 46.9 Å². The second kappa shape index (κ2) is 11.5. The van der Waals surface area contributed by atoms with Crippen molar-refractivity contribution < 1.29 is 18.7 Å². The average Bonchev–Trinajstić information content (AvgIpc) is 3.19. The molecule has 1 saturated heterocycles. The Kier molecular flexibility index (Phi) is 9.00. The number of likely N-dealkylation sites (N-methyl/N-ethyl adjacent to an activating group) is 1. The first-order valence-electron chi connectivity index (χ1n) is 9.70. The molecule has 1 heterocycles. The van der Waals surface area contributed by atoms with E-state index >= 15 is 0 Å². The predicted octanol–water partition coefficient (Wildman–Crippen LogP) is 1.64. The first-order valence-corrected chi connectivity index (χ1v) is 9.70. The summed E-state index contributed by atoms with van der Waals surface area (Å²) in [5.74, 6) is 1.08. The summed E-state index contributed by atoms with van der Waals surface area (Å²) in [5.41, 5.74) is 0. The zero-order valence-corrected chi connectivity index (χ0v) is 16.9. The normalized spacial score (nSPS) is 17.9. The van der Waals surface area contributed by atoms with E-state index in [1.807, 2.05) is 6.92 Å². The Morgan fingerprint density at radius 3 is 2.89 bits per heavy atom. The molecule has 1 aromatic carbocycles. The lowest BCUT2D eigenvalue weighted by Gasteiger charge is -2.21. The van der Waals surface area contributed by atoms with Crippen LogP contribution in [0.15, 0.2) is 29.3 Å². The maximum absolute atomic E-state index is 13.4. The second-order valence-corrected chi connectivity index (χ2v) is 7.05. The molecular weight excluding hydrogens is 363 g/mol. The molecule has 1 fully saturated rings. The number of aliphatic imine (C=N–C) groups is 1. The minimum absolute atomic E-state index is 0.0606. The number of carbonyl (C=O) groups excluding carboxylic acids is 1. The van der Waals surface area contributed by atoms with Gasteiger partial charge in [-0.2, -0.15) is 0 Å². The van der Waals surface area contributed by atoms with Crippen molar-refractivity contribution >= 4 is 11.9 Å². The Bertz CT molecular complexity index is 648. The van der Waals surface area contributed by atoms with Gasteiger partial charge < -0.3 is 25.0 Å². The largest absolute Gasteiger partial charge is 0.489 e. The molecule has 156 valence electrons. The summed E-state index contributed by atoms with van der Waals surface area (Å²) >= 11 is 0. The minimum atomic E-state index is -0.329. The van der Waals surface area contributed by atoms with Crippen LogP contribution in [0.25, 0.3) is 0 Å². The fourth-order valence-corrected chi connectivity index (χ4v) is 2.66. The molecule has 0 radical (unpaired) electrons. The van der Waals surface area contributed by atoms with E-state index in [0.717, 1.165) is 32.6 Å². The number of hydrogen-bond donors (Lipinski definition) is 2. The molecule has 7 nitrogen and oxygen atoms in total. The van der Waals surface area contributed by atoms with Crippen LogP contribution in [-0.2, 0) is 9.53 Å². The molecule has 1 aliphatic heterocycles. The quantitative estimate of drug-likeness (QED) is 0.492.